The van der Waals surface area contributed by atoms with Crippen LogP contribution in [0.1, 0.15) is 52.5 Å². The molecule has 0 spiro atoms. The van der Waals surface area contributed by atoms with Crippen molar-refractivity contribution in [1.82, 2.24) is 20.4 Å². The number of benzene rings is 1. The van der Waals surface area contributed by atoms with Crippen molar-refractivity contribution in [2.24, 2.45) is 0 Å². The van der Waals surface area contributed by atoms with E-state index in [-0.39, 0.29) is 18.7 Å². The zero-order chi connectivity index (χ0) is 19.8. The minimum atomic E-state index is -0.924. The van der Waals surface area contributed by atoms with Gasteiger partial charge in [0.05, 0.1) is 11.1 Å². The predicted octanol–water partition coefficient (Wildman–Crippen LogP) is 0.272. The molecule has 0 bridgehead atoms. The van der Waals surface area contributed by atoms with Gasteiger partial charge in [-0.1, -0.05) is 13.0 Å². The molecule has 0 aromatic heterocycles. The zero-order valence-electron chi connectivity index (χ0n) is 15.9. The molecule has 28 heavy (non-hydrogen) atoms. The van der Waals surface area contributed by atoms with Crippen molar-refractivity contribution in [3.63, 3.8) is 0 Å². The van der Waals surface area contributed by atoms with E-state index >= 15 is 0 Å². The van der Waals surface area contributed by atoms with Crippen LogP contribution in [-0.2, 0) is 16.1 Å². The lowest BCUT2D eigenvalue weighted by molar-refractivity contribution is -0.136. The molecule has 4 amide bonds. The predicted molar refractivity (Wildman–Crippen MR) is 100 cm³/mol. The van der Waals surface area contributed by atoms with Gasteiger partial charge in [-0.25, -0.2) is 0 Å². The third-order valence-corrected chi connectivity index (χ3v) is 5.74. The molecule has 0 saturated carbocycles. The third-order valence-electron chi connectivity index (χ3n) is 5.74. The number of amides is 4. The van der Waals surface area contributed by atoms with E-state index in [1.54, 1.807) is 12.1 Å². The van der Waals surface area contributed by atoms with Gasteiger partial charge in [-0.05, 0) is 30.5 Å². The number of rotatable bonds is 4. The molecule has 0 radical (unpaired) electrons. The Hall–Kier alpha value is -2.58. The largest absolute Gasteiger partial charge is 0.311 e. The van der Waals surface area contributed by atoms with E-state index in [1.807, 2.05) is 6.07 Å². The number of fused-ring (bicyclic) bond motifs is 1. The van der Waals surface area contributed by atoms with Crippen LogP contribution in [0.25, 0.3) is 0 Å². The Bertz CT molecular complexity index is 853. The number of carbonyl (C=O) groups is 4. The number of hydrogen-bond acceptors (Lipinski definition) is 6. The van der Waals surface area contributed by atoms with Gasteiger partial charge in [-0.2, -0.15) is 0 Å². The average molecular weight is 384 g/mol. The summed E-state index contributed by atoms with van der Waals surface area (Å²) >= 11 is 0. The van der Waals surface area contributed by atoms with Gasteiger partial charge in [0.25, 0.3) is 11.8 Å². The van der Waals surface area contributed by atoms with Gasteiger partial charge >= 0.3 is 0 Å². The van der Waals surface area contributed by atoms with Crippen LogP contribution in [0.3, 0.4) is 0 Å². The molecule has 0 aliphatic carbocycles. The Morgan fingerprint density at radius 2 is 1.89 bits per heavy atom. The molecular formula is C20H24N4O4. The molecule has 2 unspecified atom stereocenters. The van der Waals surface area contributed by atoms with Gasteiger partial charge < -0.3 is 5.32 Å². The number of imide groups is 2. The summed E-state index contributed by atoms with van der Waals surface area (Å²) in [6.07, 6.45) is 1.35. The molecule has 148 valence electrons. The van der Waals surface area contributed by atoms with Crippen LogP contribution in [0, 0.1) is 0 Å². The molecule has 8 nitrogen and oxygen atoms in total. The molecule has 3 heterocycles. The van der Waals surface area contributed by atoms with Crippen molar-refractivity contribution in [3.05, 3.63) is 34.9 Å². The summed E-state index contributed by atoms with van der Waals surface area (Å²) in [5, 5.41) is 5.69. The van der Waals surface area contributed by atoms with Gasteiger partial charge in [0, 0.05) is 38.6 Å². The molecule has 2 N–H and O–H groups in total. The summed E-state index contributed by atoms with van der Waals surface area (Å²) in [7, 11) is 0. The fraction of sp³-hybridized carbons (Fsp3) is 0.500. The minimum absolute atomic E-state index is 0.122. The van der Waals surface area contributed by atoms with E-state index in [4.69, 9.17) is 0 Å². The number of carbonyl (C=O) groups excluding carboxylic acids is 4. The Morgan fingerprint density at radius 3 is 2.64 bits per heavy atom. The van der Waals surface area contributed by atoms with Crippen LogP contribution in [0.5, 0.6) is 0 Å². The first kappa shape index (κ1) is 18.8. The van der Waals surface area contributed by atoms with Crippen LogP contribution >= 0.6 is 0 Å². The summed E-state index contributed by atoms with van der Waals surface area (Å²) in [6, 6.07) is 4.86. The standard InChI is InChI=1S/C20H24N4O4/c1-2-13-11-23(8-7-21-13)10-12-3-4-14-15(9-12)20(28)24(19(14)27)16-5-6-17(25)22-18(16)26/h3-4,9,13,16,21H,2,5-8,10-11H2,1H3,(H,22,25,26). The van der Waals surface area contributed by atoms with Crippen molar-refractivity contribution >= 4 is 23.6 Å². The van der Waals surface area contributed by atoms with E-state index in [0.29, 0.717) is 23.7 Å². The Kier molecular flexibility index (Phi) is 4.99. The number of hydrogen-bond donors (Lipinski definition) is 2. The Labute approximate surface area is 163 Å². The highest BCUT2D eigenvalue weighted by molar-refractivity contribution is 6.23. The molecule has 3 aliphatic rings. The maximum absolute atomic E-state index is 12.9. The normalized spacial score (nSPS) is 25.8. The van der Waals surface area contributed by atoms with Crippen molar-refractivity contribution in [2.75, 3.05) is 19.6 Å². The lowest BCUT2D eigenvalue weighted by Crippen LogP contribution is -2.54. The quantitative estimate of drug-likeness (QED) is 0.723. The molecule has 1 aromatic rings. The zero-order valence-corrected chi connectivity index (χ0v) is 15.9. The second kappa shape index (κ2) is 7.44. The van der Waals surface area contributed by atoms with Crippen molar-refractivity contribution in [2.45, 2.75) is 44.8 Å². The number of nitrogens with one attached hydrogen (secondary N) is 2. The van der Waals surface area contributed by atoms with E-state index in [2.05, 4.69) is 22.5 Å². The van der Waals surface area contributed by atoms with Crippen molar-refractivity contribution in [1.29, 1.82) is 0 Å². The summed E-state index contributed by atoms with van der Waals surface area (Å²) in [5.41, 5.74) is 1.64. The number of nitrogens with zero attached hydrogens (tertiary/aromatic N) is 2. The van der Waals surface area contributed by atoms with E-state index < -0.39 is 23.8 Å². The first-order valence-corrected chi connectivity index (χ1v) is 9.78. The van der Waals surface area contributed by atoms with Crippen LogP contribution in [0.15, 0.2) is 18.2 Å². The van der Waals surface area contributed by atoms with Crippen LogP contribution in [-0.4, -0.2) is 65.1 Å². The molecule has 2 atom stereocenters. The highest BCUT2D eigenvalue weighted by Crippen LogP contribution is 2.28. The average Bonchev–Trinajstić information content (AvgIpc) is 2.93. The van der Waals surface area contributed by atoms with E-state index in [0.717, 1.165) is 36.5 Å². The van der Waals surface area contributed by atoms with E-state index in [1.165, 1.54) is 0 Å². The SMILES string of the molecule is CCC1CN(Cc2ccc3c(c2)C(=O)N(C2CCC(=O)NC2=O)C3=O)CCN1. The highest BCUT2D eigenvalue weighted by Gasteiger charge is 2.44. The number of piperidine rings is 1. The molecule has 1 aromatic carbocycles. The van der Waals surface area contributed by atoms with Crippen LogP contribution in [0.4, 0.5) is 0 Å². The van der Waals surface area contributed by atoms with Gasteiger partial charge in [-0.3, -0.25) is 34.3 Å². The van der Waals surface area contributed by atoms with Crippen LogP contribution in [0.2, 0.25) is 0 Å². The third kappa shape index (κ3) is 3.33. The fourth-order valence-electron chi connectivity index (χ4n) is 4.19. The maximum Gasteiger partial charge on any atom is 0.262 e. The summed E-state index contributed by atoms with van der Waals surface area (Å²) < 4.78 is 0. The second-order valence-electron chi connectivity index (χ2n) is 7.62. The summed E-state index contributed by atoms with van der Waals surface area (Å²) in [5.74, 6) is -1.88. The van der Waals surface area contributed by atoms with Gasteiger partial charge in [0.15, 0.2) is 0 Å². The minimum Gasteiger partial charge on any atom is -0.311 e. The smallest absolute Gasteiger partial charge is 0.262 e. The van der Waals surface area contributed by atoms with Gasteiger partial charge in [0.2, 0.25) is 11.8 Å². The van der Waals surface area contributed by atoms with Gasteiger partial charge in [0.1, 0.15) is 6.04 Å². The topological polar surface area (TPSA) is 98.8 Å². The van der Waals surface area contributed by atoms with Crippen molar-refractivity contribution < 1.29 is 19.2 Å². The van der Waals surface area contributed by atoms with Crippen molar-refractivity contribution in [3.8, 4) is 0 Å². The highest BCUT2D eigenvalue weighted by atomic mass is 16.2. The Balaban J connectivity index is 1.52. The summed E-state index contributed by atoms with van der Waals surface area (Å²) in [4.78, 5) is 52.5. The molecule has 2 saturated heterocycles. The Morgan fingerprint density at radius 1 is 1.11 bits per heavy atom. The molecular weight excluding hydrogens is 360 g/mol. The second-order valence-corrected chi connectivity index (χ2v) is 7.62. The lowest BCUT2D eigenvalue weighted by atomic mass is 10.0. The monoisotopic (exact) mass is 384 g/mol. The molecule has 3 aliphatic heterocycles. The van der Waals surface area contributed by atoms with E-state index in [9.17, 15) is 19.2 Å². The first-order valence-electron chi connectivity index (χ1n) is 9.78. The number of piperazine rings is 1. The lowest BCUT2D eigenvalue weighted by Gasteiger charge is -2.33. The first-order chi connectivity index (χ1) is 13.5. The molecule has 2 fully saturated rings. The van der Waals surface area contributed by atoms with Gasteiger partial charge in [-0.15, -0.1) is 0 Å². The molecule has 8 heteroatoms. The molecule has 4 rings (SSSR count). The summed E-state index contributed by atoms with van der Waals surface area (Å²) in [6.45, 7) is 5.69. The van der Waals surface area contributed by atoms with Crippen LogP contribution < -0.4 is 10.6 Å². The maximum atomic E-state index is 12.9. The fourth-order valence-corrected chi connectivity index (χ4v) is 4.19.